The highest BCUT2D eigenvalue weighted by molar-refractivity contribution is 5.70. The number of allylic oxidation sites excluding steroid dienone is 4. The van der Waals surface area contributed by atoms with Crippen molar-refractivity contribution in [2.24, 2.45) is 5.73 Å². The number of benzene rings is 2. The van der Waals surface area contributed by atoms with Gasteiger partial charge < -0.3 is 10.6 Å². The summed E-state index contributed by atoms with van der Waals surface area (Å²) in [4.78, 5) is 2.19. The van der Waals surface area contributed by atoms with Gasteiger partial charge in [0, 0.05) is 29.2 Å². The van der Waals surface area contributed by atoms with E-state index >= 15 is 0 Å². The highest BCUT2D eigenvalue weighted by atomic mass is 15.1. The third kappa shape index (κ3) is 3.03. The number of hydrogen-bond acceptors (Lipinski definition) is 2. The summed E-state index contributed by atoms with van der Waals surface area (Å²) in [5, 5.41) is 0. The first-order valence-corrected chi connectivity index (χ1v) is 7.26. The second-order valence-corrected chi connectivity index (χ2v) is 5.22. The van der Waals surface area contributed by atoms with Crippen LogP contribution in [-0.2, 0) is 0 Å². The Bertz CT molecular complexity index is 774. The fourth-order valence-electron chi connectivity index (χ4n) is 2.36. The Morgan fingerprint density at radius 2 is 1.50 bits per heavy atom. The maximum absolute atomic E-state index is 5.85. The molecule has 22 heavy (non-hydrogen) atoms. The van der Waals surface area contributed by atoms with Crippen molar-refractivity contribution in [1.82, 2.24) is 0 Å². The summed E-state index contributed by atoms with van der Waals surface area (Å²) in [5.41, 5.74) is 14.1. The highest BCUT2D eigenvalue weighted by Gasteiger charge is 2.12. The van der Waals surface area contributed by atoms with Crippen LogP contribution in [0.5, 0.6) is 0 Å². The molecular formula is C20H18N2. The van der Waals surface area contributed by atoms with Crippen molar-refractivity contribution < 1.29 is 0 Å². The zero-order valence-electron chi connectivity index (χ0n) is 12.5. The molecule has 3 rings (SSSR count). The first kappa shape index (κ1) is 14.0. The molecule has 2 aromatic carbocycles. The normalized spacial score (nSPS) is 13.3. The zero-order valence-corrected chi connectivity index (χ0v) is 12.5. The second-order valence-electron chi connectivity index (χ2n) is 5.22. The maximum atomic E-state index is 5.85. The molecule has 0 saturated carbocycles. The summed E-state index contributed by atoms with van der Waals surface area (Å²) in [7, 11) is 0. The Hall–Kier alpha value is -2.96. The minimum Gasteiger partial charge on any atom is -0.398 e. The van der Waals surface area contributed by atoms with E-state index in [-0.39, 0.29) is 0 Å². The number of nitrogens with two attached hydrogens (primary N) is 1. The fraction of sp³-hybridized carbons (Fsp3) is 0.0500. The van der Waals surface area contributed by atoms with Crippen LogP contribution in [0.3, 0.4) is 0 Å². The zero-order chi connectivity index (χ0) is 15.4. The molecule has 2 heteroatoms. The van der Waals surface area contributed by atoms with Gasteiger partial charge in [-0.05, 0) is 43.3 Å². The summed E-state index contributed by atoms with van der Waals surface area (Å²) in [6, 6.07) is 18.8. The van der Waals surface area contributed by atoms with E-state index in [0.29, 0.717) is 5.70 Å². The van der Waals surface area contributed by atoms with Crippen LogP contribution < -0.4 is 10.6 Å². The monoisotopic (exact) mass is 286 g/mol. The summed E-state index contributed by atoms with van der Waals surface area (Å²) in [5.74, 6) is 0. The summed E-state index contributed by atoms with van der Waals surface area (Å²) in [6.07, 6.45) is 7.64. The topological polar surface area (TPSA) is 29.3 Å². The molecule has 0 spiro atoms. The second kappa shape index (κ2) is 6.21. The molecule has 108 valence electrons. The summed E-state index contributed by atoms with van der Waals surface area (Å²) < 4.78 is 0. The Morgan fingerprint density at radius 3 is 2.23 bits per heavy atom. The van der Waals surface area contributed by atoms with Gasteiger partial charge in [-0.3, -0.25) is 0 Å². The van der Waals surface area contributed by atoms with Crippen molar-refractivity contribution in [2.45, 2.75) is 6.92 Å². The molecule has 0 saturated heterocycles. The highest BCUT2D eigenvalue weighted by Crippen LogP contribution is 2.30. The van der Waals surface area contributed by atoms with Crippen LogP contribution in [-0.4, -0.2) is 0 Å². The average Bonchev–Trinajstić information content (AvgIpc) is 2.76. The molecule has 0 fully saturated rings. The number of rotatable bonds is 3. The molecule has 0 aromatic heterocycles. The fourth-order valence-corrected chi connectivity index (χ4v) is 2.36. The van der Waals surface area contributed by atoms with Crippen LogP contribution in [0.25, 0.3) is 0 Å². The van der Waals surface area contributed by atoms with Gasteiger partial charge in [0.2, 0.25) is 0 Å². The van der Waals surface area contributed by atoms with Crippen molar-refractivity contribution in [2.75, 3.05) is 4.90 Å². The lowest BCUT2D eigenvalue weighted by Crippen LogP contribution is -2.14. The van der Waals surface area contributed by atoms with Crippen molar-refractivity contribution in [3.8, 4) is 0 Å². The van der Waals surface area contributed by atoms with Gasteiger partial charge in [-0.1, -0.05) is 35.9 Å². The SMILES string of the molecule is Cc1ccc(N(C2=CC=C(N)C=C=C2)c2ccccc2)cc1. The lowest BCUT2D eigenvalue weighted by atomic mass is 10.1. The van der Waals surface area contributed by atoms with Crippen LogP contribution in [0.2, 0.25) is 0 Å². The van der Waals surface area contributed by atoms with Crippen LogP contribution in [0.1, 0.15) is 5.56 Å². The van der Waals surface area contributed by atoms with Gasteiger partial charge in [-0.15, -0.1) is 5.73 Å². The van der Waals surface area contributed by atoms with Gasteiger partial charge in [-0.25, -0.2) is 0 Å². The van der Waals surface area contributed by atoms with E-state index in [1.165, 1.54) is 5.56 Å². The first-order valence-electron chi connectivity index (χ1n) is 7.26. The van der Waals surface area contributed by atoms with Crippen molar-refractivity contribution in [3.63, 3.8) is 0 Å². The average molecular weight is 286 g/mol. The Labute approximate surface area is 131 Å². The minimum atomic E-state index is 0.697. The van der Waals surface area contributed by atoms with E-state index in [9.17, 15) is 0 Å². The first-order chi connectivity index (χ1) is 10.7. The van der Waals surface area contributed by atoms with E-state index < -0.39 is 0 Å². The van der Waals surface area contributed by atoms with Gasteiger partial charge in [0.1, 0.15) is 0 Å². The van der Waals surface area contributed by atoms with Crippen molar-refractivity contribution >= 4 is 11.4 Å². The third-order valence-electron chi connectivity index (χ3n) is 3.49. The largest absolute Gasteiger partial charge is 0.398 e. The number of nitrogens with zero attached hydrogens (tertiary/aromatic N) is 1. The Morgan fingerprint density at radius 1 is 0.818 bits per heavy atom. The smallest absolute Gasteiger partial charge is 0.0539 e. The van der Waals surface area contributed by atoms with Crippen LogP contribution in [0.15, 0.2) is 96.0 Å². The molecule has 0 unspecified atom stereocenters. The van der Waals surface area contributed by atoms with Crippen LogP contribution >= 0.6 is 0 Å². The lowest BCUT2D eigenvalue weighted by Gasteiger charge is -2.25. The van der Waals surface area contributed by atoms with E-state index in [1.807, 2.05) is 36.4 Å². The molecule has 1 aliphatic rings. The molecule has 0 heterocycles. The molecule has 2 N–H and O–H groups in total. The van der Waals surface area contributed by atoms with E-state index in [4.69, 9.17) is 5.73 Å². The Balaban J connectivity index is 2.12. The third-order valence-corrected chi connectivity index (χ3v) is 3.49. The van der Waals surface area contributed by atoms with Crippen molar-refractivity contribution in [3.05, 3.63) is 102 Å². The quantitative estimate of drug-likeness (QED) is 0.836. The predicted molar refractivity (Wildman–Crippen MR) is 92.8 cm³/mol. The van der Waals surface area contributed by atoms with Crippen LogP contribution in [0.4, 0.5) is 11.4 Å². The van der Waals surface area contributed by atoms with Crippen LogP contribution in [0, 0.1) is 6.92 Å². The van der Waals surface area contributed by atoms with Crippen molar-refractivity contribution in [1.29, 1.82) is 0 Å². The number of anilines is 2. The van der Waals surface area contributed by atoms with Gasteiger partial charge in [-0.2, -0.15) is 0 Å². The molecule has 0 radical (unpaired) electrons. The van der Waals surface area contributed by atoms with E-state index in [0.717, 1.165) is 17.1 Å². The molecule has 2 nitrogen and oxygen atoms in total. The molecule has 2 aromatic rings. The molecule has 0 amide bonds. The van der Waals surface area contributed by atoms with E-state index in [2.05, 4.69) is 54.0 Å². The lowest BCUT2D eigenvalue weighted by molar-refractivity contribution is 1.21. The minimum absolute atomic E-state index is 0.697. The van der Waals surface area contributed by atoms with Gasteiger partial charge in [0.25, 0.3) is 0 Å². The van der Waals surface area contributed by atoms with Gasteiger partial charge >= 0.3 is 0 Å². The molecule has 1 aliphatic carbocycles. The summed E-state index contributed by atoms with van der Waals surface area (Å²) in [6.45, 7) is 2.09. The van der Waals surface area contributed by atoms with E-state index in [1.54, 1.807) is 6.08 Å². The molecular weight excluding hydrogens is 268 g/mol. The predicted octanol–water partition coefficient (Wildman–Crippen LogP) is 4.58. The molecule has 0 bridgehead atoms. The number of para-hydroxylation sites is 1. The molecule has 0 aliphatic heterocycles. The maximum Gasteiger partial charge on any atom is 0.0539 e. The number of hydrogen-bond donors (Lipinski definition) is 1. The standard InChI is InChI=1S/C20H18N2/c1-16-10-13-20(14-11-16)22(18-7-3-2-4-8-18)19-9-5-6-17(21)12-15-19/h2-4,6-15H,21H2,1H3. The van der Waals surface area contributed by atoms with Gasteiger partial charge in [0.15, 0.2) is 0 Å². The number of aryl methyl sites for hydroxylation is 1. The molecule has 0 atom stereocenters. The van der Waals surface area contributed by atoms with Gasteiger partial charge in [0.05, 0.1) is 5.70 Å². The summed E-state index contributed by atoms with van der Waals surface area (Å²) >= 11 is 0. The Kier molecular flexibility index (Phi) is 3.95.